The molecule has 0 aliphatic rings. The molecule has 6 nitrogen and oxygen atoms in total. The van der Waals surface area contributed by atoms with Gasteiger partial charge < -0.3 is 14.9 Å². The summed E-state index contributed by atoms with van der Waals surface area (Å²) in [5.41, 5.74) is 0.948. The number of carboxylic acid groups (broad SMARTS) is 1. The Kier molecular flexibility index (Phi) is 4.02. The number of halogens is 1. The average molecular weight is 292 g/mol. The van der Waals surface area contributed by atoms with Gasteiger partial charge in [0.25, 0.3) is 0 Å². The van der Waals surface area contributed by atoms with Crippen molar-refractivity contribution in [2.75, 3.05) is 5.32 Å². The van der Waals surface area contributed by atoms with Crippen molar-refractivity contribution in [2.24, 2.45) is 0 Å². The van der Waals surface area contributed by atoms with Crippen LogP contribution in [0.5, 0.6) is 0 Å². The molecule has 2 N–H and O–H groups in total. The van der Waals surface area contributed by atoms with Crippen molar-refractivity contribution in [1.29, 1.82) is 0 Å². The highest BCUT2D eigenvalue weighted by molar-refractivity contribution is 6.01. The van der Waals surface area contributed by atoms with E-state index in [1.54, 1.807) is 13.8 Å². The van der Waals surface area contributed by atoms with E-state index < -0.39 is 17.7 Å². The molecular weight excluding hydrogens is 279 g/mol. The number of nitrogens with zero attached hydrogens (tertiary/aromatic N) is 1. The minimum atomic E-state index is -1.25. The quantitative estimate of drug-likeness (QED) is 0.902. The number of hydrogen-bond donors (Lipinski definition) is 2. The van der Waals surface area contributed by atoms with Crippen LogP contribution >= 0.6 is 0 Å². The Labute approximate surface area is 119 Å². The molecule has 1 heterocycles. The molecule has 7 heteroatoms. The van der Waals surface area contributed by atoms with E-state index in [2.05, 4.69) is 10.5 Å². The molecule has 1 aromatic heterocycles. The number of anilines is 1. The van der Waals surface area contributed by atoms with Gasteiger partial charge in [-0.15, -0.1) is 0 Å². The Balaban J connectivity index is 2.20. The monoisotopic (exact) mass is 292 g/mol. The van der Waals surface area contributed by atoms with E-state index >= 15 is 0 Å². The topological polar surface area (TPSA) is 92.4 Å². The van der Waals surface area contributed by atoms with E-state index in [4.69, 9.17) is 9.63 Å². The number of aryl methyl sites for hydroxylation is 2. The molecule has 0 radical (unpaired) electrons. The number of carboxylic acids is 1. The highest BCUT2D eigenvalue weighted by Crippen LogP contribution is 2.19. The number of aromatic carboxylic acids is 1. The summed E-state index contributed by atoms with van der Waals surface area (Å²) >= 11 is 0. The zero-order valence-electron chi connectivity index (χ0n) is 11.4. The molecule has 21 heavy (non-hydrogen) atoms. The Hall–Kier alpha value is -2.70. The molecule has 2 rings (SSSR count). The predicted octanol–water partition coefficient (Wildman–Crippen LogP) is 2.31. The van der Waals surface area contributed by atoms with Gasteiger partial charge in [-0.05, 0) is 32.0 Å². The van der Waals surface area contributed by atoms with Crippen LogP contribution in [0.15, 0.2) is 22.7 Å². The highest BCUT2D eigenvalue weighted by atomic mass is 19.1. The molecule has 0 atom stereocenters. The molecule has 0 aliphatic carbocycles. The third-order valence-corrected chi connectivity index (χ3v) is 3.00. The SMILES string of the molecule is Cc1noc(C)c1CC(=O)Nc1cc(F)ccc1C(=O)O. The summed E-state index contributed by atoms with van der Waals surface area (Å²) in [6, 6.07) is 3.09. The molecule has 0 spiro atoms. The summed E-state index contributed by atoms with van der Waals surface area (Å²) in [6.07, 6.45) is -0.0310. The molecular formula is C14H13FN2O4. The molecule has 0 fully saturated rings. The minimum absolute atomic E-state index is 0.0310. The van der Waals surface area contributed by atoms with Gasteiger partial charge in [-0.25, -0.2) is 9.18 Å². The second-order valence-corrected chi connectivity index (χ2v) is 4.52. The Morgan fingerprint density at radius 2 is 2.10 bits per heavy atom. The van der Waals surface area contributed by atoms with Crippen molar-refractivity contribution in [1.82, 2.24) is 5.16 Å². The number of aromatic nitrogens is 1. The Bertz CT molecular complexity index is 689. The van der Waals surface area contributed by atoms with Crippen LogP contribution in [0.2, 0.25) is 0 Å². The number of nitrogens with one attached hydrogen (secondary N) is 1. The number of rotatable bonds is 4. The molecule has 2 aromatic rings. The molecule has 0 saturated heterocycles. The van der Waals surface area contributed by atoms with Crippen molar-refractivity contribution in [3.63, 3.8) is 0 Å². The lowest BCUT2D eigenvalue weighted by Gasteiger charge is -2.08. The maximum absolute atomic E-state index is 13.2. The summed E-state index contributed by atoms with van der Waals surface area (Å²) in [6.45, 7) is 3.37. The molecule has 0 saturated carbocycles. The van der Waals surface area contributed by atoms with E-state index in [0.717, 1.165) is 18.2 Å². The number of benzene rings is 1. The fourth-order valence-corrected chi connectivity index (χ4v) is 1.92. The summed E-state index contributed by atoms with van der Waals surface area (Å²) in [5, 5.41) is 15.1. The molecule has 0 unspecified atom stereocenters. The third kappa shape index (κ3) is 3.25. The third-order valence-electron chi connectivity index (χ3n) is 3.00. The van der Waals surface area contributed by atoms with Gasteiger partial charge in [0.05, 0.1) is 23.4 Å². The van der Waals surface area contributed by atoms with E-state index in [1.807, 2.05) is 0 Å². The Morgan fingerprint density at radius 1 is 1.38 bits per heavy atom. The van der Waals surface area contributed by atoms with Gasteiger partial charge >= 0.3 is 5.97 Å². The van der Waals surface area contributed by atoms with Crippen LogP contribution < -0.4 is 5.32 Å². The molecule has 0 bridgehead atoms. The summed E-state index contributed by atoms with van der Waals surface area (Å²) < 4.78 is 18.1. The maximum atomic E-state index is 13.2. The molecule has 1 aromatic carbocycles. The minimum Gasteiger partial charge on any atom is -0.478 e. The largest absolute Gasteiger partial charge is 0.478 e. The fourth-order valence-electron chi connectivity index (χ4n) is 1.92. The van der Waals surface area contributed by atoms with Crippen molar-refractivity contribution < 1.29 is 23.6 Å². The lowest BCUT2D eigenvalue weighted by molar-refractivity contribution is -0.115. The van der Waals surface area contributed by atoms with Crippen molar-refractivity contribution >= 4 is 17.6 Å². The van der Waals surface area contributed by atoms with Crippen LogP contribution in [-0.4, -0.2) is 22.1 Å². The van der Waals surface area contributed by atoms with Gasteiger partial charge in [0.2, 0.25) is 5.91 Å². The second-order valence-electron chi connectivity index (χ2n) is 4.52. The highest BCUT2D eigenvalue weighted by Gasteiger charge is 2.17. The first-order valence-corrected chi connectivity index (χ1v) is 6.13. The fraction of sp³-hybridized carbons (Fsp3) is 0.214. The van der Waals surface area contributed by atoms with E-state index in [-0.39, 0.29) is 17.7 Å². The van der Waals surface area contributed by atoms with Crippen LogP contribution in [0.25, 0.3) is 0 Å². The molecule has 1 amide bonds. The first kappa shape index (κ1) is 14.7. The zero-order valence-corrected chi connectivity index (χ0v) is 11.4. The van der Waals surface area contributed by atoms with Crippen LogP contribution in [0.1, 0.15) is 27.4 Å². The first-order chi connectivity index (χ1) is 9.88. The van der Waals surface area contributed by atoms with Crippen LogP contribution in [0.4, 0.5) is 10.1 Å². The number of amides is 1. The zero-order chi connectivity index (χ0) is 15.6. The van der Waals surface area contributed by atoms with Gasteiger partial charge in [0.15, 0.2) is 0 Å². The smallest absolute Gasteiger partial charge is 0.337 e. The molecule has 110 valence electrons. The maximum Gasteiger partial charge on any atom is 0.337 e. The van der Waals surface area contributed by atoms with Gasteiger partial charge in [-0.3, -0.25) is 4.79 Å². The van der Waals surface area contributed by atoms with E-state index in [9.17, 15) is 14.0 Å². The van der Waals surface area contributed by atoms with Gasteiger partial charge in [0.1, 0.15) is 11.6 Å². The summed E-state index contributed by atoms with van der Waals surface area (Å²) in [5.74, 6) is -1.84. The standard InChI is InChI=1S/C14H13FN2O4/c1-7-11(8(2)21-17-7)6-13(18)16-12-5-9(15)3-4-10(12)14(19)20/h3-5H,6H2,1-2H3,(H,16,18)(H,19,20). The first-order valence-electron chi connectivity index (χ1n) is 6.13. The van der Waals surface area contributed by atoms with E-state index in [0.29, 0.717) is 17.0 Å². The van der Waals surface area contributed by atoms with Crippen LogP contribution in [0.3, 0.4) is 0 Å². The Morgan fingerprint density at radius 3 is 2.67 bits per heavy atom. The predicted molar refractivity (Wildman–Crippen MR) is 71.7 cm³/mol. The van der Waals surface area contributed by atoms with Gasteiger partial charge in [0, 0.05) is 5.56 Å². The lowest BCUT2D eigenvalue weighted by atomic mass is 10.1. The lowest BCUT2D eigenvalue weighted by Crippen LogP contribution is -2.17. The second kappa shape index (κ2) is 5.74. The summed E-state index contributed by atoms with van der Waals surface area (Å²) in [7, 11) is 0. The molecule has 0 aliphatic heterocycles. The van der Waals surface area contributed by atoms with Crippen LogP contribution in [0, 0.1) is 19.7 Å². The number of carbonyl (C=O) groups excluding carboxylic acids is 1. The van der Waals surface area contributed by atoms with Crippen LogP contribution in [-0.2, 0) is 11.2 Å². The van der Waals surface area contributed by atoms with Crippen molar-refractivity contribution in [2.45, 2.75) is 20.3 Å². The van der Waals surface area contributed by atoms with E-state index in [1.165, 1.54) is 0 Å². The van der Waals surface area contributed by atoms with Crippen molar-refractivity contribution in [3.05, 3.63) is 46.6 Å². The number of carbonyl (C=O) groups is 2. The summed E-state index contributed by atoms with van der Waals surface area (Å²) in [4.78, 5) is 23.0. The normalized spacial score (nSPS) is 10.4. The van der Waals surface area contributed by atoms with Gasteiger partial charge in [-0.2, -0.15) is 0 Å². The number of hydrogen-bond acceptors (Lipinski definition) is 4. The average Bonchev–Trinajstić information content (AvgIpc) is 2.70. The van der Waals surface area contributed by atoms with Gasteiger partial charge in [-0.1, -0.05) is 5.16 Å². The van der Waals surface area contributed by atoms with Crippen molar-refractivity contribution in [3.8, 4) is 0 Å².